The second-order valence-electron chi connectivity index (χ2n) is 7.88. The van der Waals surface area contributed by atoms with E-state index in [1.165, 1.54) is 12.0 Å². The summed E-state index contributed by atoms with van der Waals surface area (Å²) in [6.07, 6.45) is 8.22. The van der Waals surface area contributed by atoms with Crippen LogP contribution >= 0.6 is 0 Å². The Bertz CT molecular complexity index is 802. The van der Waals surface area contributed by atoms with Gasteiger partial charge in [-0.1, -0.05) is 76.1 Å². The highest BCUT2D eigenvalue weighted by molar-refractivity contribution is 5.72. The molecule has 0 fully saturated rings. The topological polar surface area (TPSA) is 0 Å². The van der Waals surface area contributed by atoms with Gasteiger partial charge in [0, 0.05) is 11.1 Å². The molecular weight excluding hydrogens is 338 g/mol. The van der Waals surface area contributed by atoms with E-state index in [2.05, 4.69) is 26.8 Å². The predicted molar refractivity (Wildman–Crippen MR) is 111 cm³/mol. The average Bonchev–Trinajstić information content (AvgIpc) is 2.70. The largest absolute Gasteiger partial charge is 0.203 e. The van der Waals surface area contributed by atoms with Crippen molar-refractivity contribution in [2.24, 2.45) is 11.8 Å². The van der Waals surface area contributed by atoms with Crippen LogP contribution in [0.1, 0.15) is 64.0 Å². The van der Waals surface area contributed by atoms with Crippen LogP contribution in [-0.4, -0.2) is 0 Å². The molecule has 1 aliphatic rings. The van der Waals surface area contributed by atoms with Gasteiger partial charge in [-0.05, 0) is 54.2 Å². The van der Waals surface area contributed by atoms with Gasteiger partial charge in [0.25, 0.3) is 0 Å². The molecule has 0 saturated heterocycles. The molecule has 0 radical (unpaired) electrons. The average molecular weight is 369 g/mol. The standard InChI is InChI=1S/C25H30F2/c1-4-6-18-7-9-20(10-8-18)22-15-16-23(25(27)24(22)26)21-13-11-19(12-14-21)17(3)5-2/h7-10,13,15-17,19H,4-6,11-12,14H2,1-3H3. The van der Waals surface area contributed by atoms with Crippen molar-refractivity contribution < 1.29 is 8.78 Å². The Labute approximate surface area is 162 Å². The van der Waals surface area contributed by atoms with E-state index in [4.69, 9.17) is 0 Å². The molecule has 0 N–H and O–H groups in total. The Morgan fingerprint density at radius 2 is 1.63 bits per heavy atom. The first kappa shape index (κ1) is 19.8. The fourth-order valence-electron chi connectivity index (χ4n) is 4.11. The lowest BCUT2D eigenvalue weighted by molar-refractivity contribution is 0.326. The maximum atomic E-state index is 14.8. The van der Waals surface area contributed by atoms with Gasteiger partial charge < -0.3 is 0 Å². The lowest BCUT2D eigenvalue weighted by Gasteiger charge is -2.27. The smallest absolute Gasteiger partial charge is 0.167 e. The third-order valence-corrected chi connectivity index (χ3v) is 6.13. The van der Waals surface area contributed by atoms with Crippen LogP contribution in [-0.2, 0) is 6.42 Å². The molecule has 144 valence electrons. The highest BCUT2D eigenvalue weighted by Gasteiger charge is 2.23. The molecule has 2 aromatic rings. The van der Waals surface area contributed by atoms with E-state index < -0.39 is 11.6 Å². The van der Waals surface area contributed by atoms with Crippen LogP contribution in [0.15, 0.2) is 42.5 Å². The van der Waals surface area contributed by atoms with Crippen molar-refractivity contribution >= 4 is 5.57 Å². The Morgan fingerprint density at radius 1 is 0.963 bits per heavy atom. The Morgan fingerprint density at radius 3 is 2.22 bits per heavy atom. The molecule has 1 aliphatic carbocycles. The summed E-state index contributed by atoms with van der Waals surface area (Å²) in [4.78, 5) is 0. The van der Waals surface area contributed by atoms with Crippen LogP contribution in [0.3, 0.4) is 0 Å². The minimum Gasteiger partial charge on any atom is -0.203 e. The number of aryl methyl sites for hydroxylation is 1. The zero-order valence-corrected chi connectivity index (χ0v) is 16.7. The predicted octanol–water partition coefficient (Wildman–Crippen LogP) is 7.81. The Balaban J connectivity index is 1.84. The van der Waals surface area contributed by atoms with E-state index in [1.54, 1.807) is 12.1 Å². The second-order valence-corrected chi connectivity index (χ2v) is 7.88. The zero-order chi connectivity index (χ0) is 19.4. The summed E-state index contributed by atoms with van der Waals surface area (Å²) in [6, 6.07) is 11.3. The number of halogens is 2. The first-order chi connectivity index (χ1) is 13.0. The van der Waals surface area contributed by atoms with Crippen LogP contribution in [0.4, 0.5) is 8.78 Å². The van der Waals surface area contributed by atoms with Crippen molar-refractivity contribution in [3.63, 3.8) is 0 Å². The van der Waals surface area contributed by atoms with Crippen molar-refractivity contribution in [1.82, 2.24) is 0 Å². The van der Waals surface area contributed by atoms with Crippen molar-refractivity contribution in [2.45, 2.75) is 59.3 Å². The number of rotatable bonds is 6. The zero-order valence-electron chi connectivity index (χ0n) is 16.7. The number of hydrogen-bond acceptors (Lipinski definition) is 0. The summed E-state index contributed by atoms with van der Waals surface area (Å²) in [5.74, 6) is -0.103. The molecule has 0 bridgehead atoms. The van der Waals surface area contributed by atoms with Crippen LogP contribution in [0, 0.1) is 23.5 Å². The van der Waals surface area contributed by atoms with Gasteiger partial charge in [0.2, 0.25) is 0 Å². The lowest BCUT2D eigenvalue weighted by Crippen LogP contribution is -2.14. The van der Waals surface area contributed by atoms with E-state index in [1.807, 2.05) is 24.3 Å². The summed E-state index contributed by atoms with van der Waals surface area (Å²) in [5.41, 5.74) is 3.68. The molecule has 0 spiro atoms. The van der Waals surface area contributed by atoms with Crippen LogP contribution in [0.5, 0.6) is 0 Å². The second kappa shape index (κ2) is 8.82. The van der Waals surface area contributed by atoms with E-state index in [0.29, 0.717) is 23.0 Å². The molecule has 3 rings (SSSR count). The van der Waals surface area contributed by atoms with Crippen LogP contribution in [0.2, 0.25) is 0 Å². The van der Waals surface area contributed by atoms with Gasteiger partial charge in [-0.2, -0.15) is 0 Å². The summed E-state index contributed by atoms with van der Waals surface area (Å²) >= 11 is 0. The van der Waals surface area contributed by atoms with Gasteiger partial charge in [0.15, 0.2) is 11.6 Å². The van der Waals surface area contributed by atoms with Crippen LogP contribution < -0.4 is 0 Å². The van der Waals surface area contributed by atoms with Crippen molar-refractivity contribution in [3.05, 3.63) is 65.2 Å². The van der Waals surface area contributed by atoms with Gasteiger partial charge in [0.05, 0.1) is 0 Å². The minimum atomic E-state index is -0.735. The fourth-order valence-corrected chi connectivity index (χ4v) is 4.11. The van der Waals surface area contributed by atoms with Gasteiger partial charge in [-0.25, -0.2) is 8.78 Å². The molecule has 2 atom stereocenters. The lowest BCUT2D eigenvalue weighted by atomic mass is 9.79. The normalized spacial score (nSPS) is 18.3. The first-order valence-corrected chi connectivity index (χ1v) is 10.3. The molecule has 0 saturated carbocycles. The molecule has 0 amide bonds. The van der Waals surface area contributed by atoms with Gasteiger partial charge in [-0.3, -0.25) is 0 Å². The number of allylic oxidation sites excluding steroid dienone is 2. The maximum Gasteiger partial charge on any atom is 0.167 e. The SMILES string of the molecule is CCCc1ccc(-c2ccc(C3=CCC(C(C)CC)CC3)c(F)c2F)cc1. The summed E-state index contributed by atoms with van der Waals surface area (Å²) in [6.45, 7) is 6.63. The Hall–Kier alpha value is -1.96. The van der Waals surface area contributed by atoms with Crippen molar-refractivity contribution in [3.8, 4) is 11.1 Å². The molecule has 2 unspecified atom stereocenters. The molecule has 0 aliphatic heterocycles. The fraction of sp³-hybridized carbons (Fsp3) is 0.440. The molecule has 2 heteroatoms. The van der Waals surface area contributed by atoms with Crippen molar-refractivity contribution in [2.75, 3.05) is 0 Å². The third kappa shape index (κ3) is 4.31. The van der Waals surface area contributed by atoms with Gasteiger partial charge in [-0.15, -0.1) is 0 Å². The third-order valence-electron chi connectivity index (χ3n) is 6.13. The maximum absolute atomic E-state index is 14.8. The quantitative estimate of drug-likeness (QED) is 0.487. The van der Waals surface area contributed by atoms with Gasteiger partial charge in [0.1, 0.15) is 0 Å². The highest BCUT2D eigenvalue weighted by atomic mass is 19.2. The summed E-state index contributed by atoms with van der Waals surface area (Å²) in [7, 11) is 0. The van der Waals surface area contributed by atoms with E-state index in [0.717, 1.165) is 43.2 Å². The summed E-state index contributed by atoms with van der Waals surface area (Å²) in [5, 5.41) is 0. The molecule has 2 aromatic carbocycles. The van der Waals surface area contributed by atoms with E-state index >= 15 is 0 Å². The molecule has 0 aromatic heterocycles. The van der Waals surface area contributed by atoms with E-state index in [-0.39, 0.29) is 0 Å². The van der Waals surface area contributed by atoms with E-state index in [9.17, 15) is 8.78 Å². The summed E-state index contributed by atoms with van der Waals surface area (Å²) < 4.78 is 29.6. The monoisotopic (exact) mass is 368 g/mol. The number of benzene rings is 2. The molecule has 0 heterocycles. The molecular formula is C25H30F2. The Kier molecular flexibility index (Phi) is 6.46. The highest BCUT2D eigenvalue weighted by Crippen LogP contribution is 2.37. The molecule has 0 nitrogen and oxygen atoms in total. The van der Waals surface area contributed by atoms with Gasteiger partial charge >= 0.3 is 0 Å². The van der Waals surface area contributed by atoms with Crippen LogP contribution in [0.25, 0.3) is 16.7 Å². The van der Waals surface area contributed by atoms with Crippen molar-refractivity contribution in [1.29, 1.82) is 0 Å². The first-order valence-electron chi connectivity index (χ1n) is 10.3. The number of hydrogen-bond donors (Lipinski definition) is 0. The minimum absolute atomic E-state index is 0.341. The molecule has 27 heavy (non-hydrogen) atoms.